The monoisotopic (exact) mass is 209 g/mol. The third-order valence-corrected chi connectivity index (χ3v) is 3.35. The van der Waals surface area contributed by atoms with Crippen LogP contribution in [-0.4, -0.2) is 28.5 Å². The summed E-state index contributed by atoms with van der Waals surface area (Å²) in [6, 6.07) is 0. The Balaban J connectivity index is 1.73. The summed E-state index contributed by atoms with van der Waals surface area (Å²) in [6.45, 7) is 4.23. The van der Waals surface area contributed by atoms with Crippen molar-refractivity contribution >= 4 is 0 Å². The Kier molecular flexibility index (Phi) is 3.07. The molecule has 0 atom stereocenters. The quantitative estimate of drug-likeness (QED) is 0.654. The van der Waals surface area contributed by atoms with Crippen molar-refractivity contribution in [2.45, 2.75) is 32.7 Å². The van der Waals surface area contributed by atoms with Gasteiger partial charge in [-0.05, 0) is 31.6 Å². The Morgan fingerprint density at radius 3 is 2.93 bits per heavy atom. The smallest absolute Gasteiger partial charge is 0.0535 e. The fraction of sp³-hybridized carbons (Fsp3) is 0.727. The number of aromatic amines is 1. The maximum absolute atomic E-state index is 8.93. The summed E-state index contributed by atoms with van der Waals surface area (Å²) in [6.07, 6.45) is 5.31. The highest BCUT2D eigenvalue weighted by Gasteiger charge is 2.41. The number of aryl methyl sites for hydroxylation is 1. The molecule has 4 heteroatoms. The second-order valence-electron chi connectivity index (χ2n) is 4.60. The normalized spacial score (nSPS) is 18.0. The van der Waals surface area contributed by atoms with Gasteiger partial charge in [0.2, 0.25) is 0 Å². The number of aliphatic hydroxyl groups excluding tert-OH is 1. The van der Waals surface area contributed by atoms with Crippen molar-refractivity contribution in [3.05, 3.63) is 17.5 Å². The van der Waals surface area contributed by atoms with Gasteiger partial charge in [0.15, 0.2) is 0 Å². The second kappa shape index (κ2) is 4.33. The number of H-pyrrole nitrogens is 1. The van der Waals surface area contributed by atoms with Crippen molar-refractivity contribution in [3.63, 3.8) is 0 Å². The van der Waals surface area contributed by atoms with Crippen molar-refractivity contribution in [2.75, 3.05) is 13.2 Å². The van der Waals surface area contributed by atoms with E-state index in [-0.39, 0.29) is 0 Å². The second-order valence-corrected chi connectivity index (χ2v) is 4.60. The lowest BCUT2D eigenvalue weighted by Crippen LogP contribution is -2.24. The van der Waals surface area contributed by atoms with Gasteiger partial charge in [0, 0.05) is 31.0 Å². The van der Waals surface area contributed by atoms with E-state index < -0.39 is 0 Å². The molecule has 1 heterocycles. The minimum absolute atomic E-state index is 0.312. The van der Waals surface area contributed by atoms with Crippen LogP contribution in [0.1, 0.15) is 30.5 Å². The molecule has 0 unspecified atom stereocenters. The van der Waals surface area contributed by atoms with Gasteiger partial charge in [-0.15, -0.1) is 0 Å². The van der Waals surface area contributed by atoms with Gasteiger partial charge in [0.1, 0.15) is 0 Å². The Labute approximate surface area is 90.1 Å². The van der Waals surface area contributed by atoms with Gasteiger partial charge >= 0.3 is 0 Å². The van der Waals surface area contributed by atoms with Gasteiger partial charge in [-0.2, -0.15) is 5.10 Å². The molecule has 1 aliphatic carbocycles. The van der Waals surface area contributed by atoms with E-state index >= 15 is 0 Å². The van der Waals surface area contributed by atoms with Crippen LogP contribution >= 0.6 is 0 Å². The number of aromatic nitrogens is 2. The van der Waals surface area contributed by atoms with Crippen molar-refractivity contribution < 1.29 is 5.11 Å². The molecule has 1 fully saturated rings. The highest BCUT2D eigenvalue weighted by molar-refractivity contribution is 5.14. The molecule has 1 aromatic heterocycles. The molecule has 4 nitrogen and oxygen atoms in total. The molecular formula is C11H19N3O. The average Bonchev–Trinajstić information content (AvgIpc) is 2.85. The van der Waals surface area contributed by atoms with E-state index in [1.54, 1.807) is 0 Å². The molecule has 3 N–H and O–H groups in total. The summed E-state index contributed by atoms with van der Waals surface area (Å²) in [5.74, 6) is 0. The van der Waals surface area contributed by atoms with Gasteiger partial charge in [-0.25, -0.2) is 0 Å². The minimum atomic E-state index is 0.312. The fourth-order valence-corrected chi connectivity index (χ4v) is 1.95. The molecule has 0 amide bonds. The summed E-state index contributed by atoms with van der Waals surface area (Å²) in [5, 5.41) is 19.3. The van der Waals surface area contributed by atoms with Crippen molar-refractivity contribution in [3.8, 4) is 0 Å². The zero-order valence-corrected chi connectivity index (χ0v) is 9.21. The molecular weight excluding hydrogens is 190 g/mol. The van der Waals surface area contributed by atoms with Gasteiger partial charge < -0.3 is 10.4 Å². The highest BCUT2D eigenvalue weighted by atomic mass is 16.3. The largest absolute Gasteiger partial charge is 0.396 e. The van der Waals surface area contributed by atoms with Crippen LogP contribution in [0.2, 0.25) is 0 Å². The number of hydrogen-bond acceptors (Lipinski definition) is 3. The van der Waals surface area contributed by atoms with Crippen LogP contribution in [0, 0.1) is 12.3 Å². The van der Waals surface area contributed by atoms with Gasteiger partial charge in [-0.3, -0.25) is 5.10 Å². The van der Waals surface area contributed by atoms with Gasteiger partial charge in [0.25, 0.3) is 0 Å². The highest BCUT2D eigenvalue weighted by Crippen LogP contribution is 2.47. The molecule has 0 aromatic carbocycles. The van der Waals surface area contributed by atoms with E-state index in [0.717, 1.165) is 25.2 Å². The molecule has 0 radical (unpaired) electrons. The Morgan fingerprint density at radius 2 is 2.40 bits per heavy atom. The minimum Gasteiger partial charge on any atom is -0.396 e. The number of aliphatic hydroxyl groups is 1. The van der Waals surface area contributed by atoms with Crippen LogP contribution in [0.25, 0.3) is 0 Å². The standard InChI is InChI=1S/C11H19N3O/c1-9-10(7-13-14-9)6-12-8-11(2-3-11)4-5-15/h7,12,15H,2-6,8H2,1H3,(H,13,14). The topological polar surface area (TPSA) is 60.9 Å². The van der Waals surface area contributed by atoms with Gasteiger partial charge in [0.05, 0.1) is 6.20 Å². The zero-order chi connectivity index (χ0) is 10.7. The van der Waals surface area contributed by atoms with E-state index in [1.165, 1.54) is 18.4 Å². The molecule has 2 rings (SSSR count). The molecule has 1 aromatic rings. The molecule has 1 aliphatic rings. The molecule has 0 spiro atoms. The number of rotatable bonds is 6. The van der Waals surface area contributed by atoms with Crippen molar-refractivity contribution in [1.82, 2.24) is 15.5 Å². The third kappa shape index (κ3) is 2.58. The molecule has 1 saturated carbocycles. The molecule has 0 aliphatic heterocycles. The predicted molar refractivity (Wildman–Crippen MR) is 58.4 cm³/mol. The van der Waals surface area contributed by atoms with Crippen LogP contribution in [0.3, 0.4) is 0 Å². The molecule has 0 bridgehead atoms. The summed E-state index contributed by atoms with van der Waals surface area (Å²) in [7, 11) is 0. The first kappa shape index (κ1) is 10.6. The first-order valence-corrected chi connectivity index (χ1v) is 5.56. The van der Waals surface area contributed by atoms with E-state index in [0.29, 0.717) is 12.0 Å². The van der Waals surface area contributed by atoms with E-state index in [4.69, 9.17) is 5.11 Å². The lowest BCUT2D eigenvalue weighted by molar-refractivity contribution is 0.245. The fourth-order valence-electron chi connectivity index (χ4n) is 1.95. The molecule has 15 heavy (non-hydrogen) atoms. The average molecular weight is 209 g/mol. The molecule has 0 saturated heterocycles. The SMILES string of the molecule is Cc1[nH]ncc1CNCC1(CCO)CC1. The Morgan fingerprint density at radius 1 is 1.60 bits per heavy atom. The summed E-state index contributed by atoms with van der Waals surface area (Å²) < 4.78 is 0. The van der Waals surface area contributed by atoms with E-state index in [2.05, 4.69) is 15.5 Å². The van der Waals surface area contributed by atoms with Crippen LogP contribution in [0.15, 0.2) is 6.20 Å². The molecule has 84 valence electrons. The van der Waals surface area contributed by atoms with Crippen LogP contribution in [0.4, 0.5) is 0 Å². The number of nitrogens with zero attached hydrogens (tertiary/aromatic N) is 1. The summed E-state index contributed by atoms with van der Waals surface area (Å²) in [5.41, 5.74) is 2.76. The van der Waals surface area contributed by atoms with E-state index in [9.17, 15) is 0 Å². The Bertz CT molecular complexity index is 317. The van der Waals surface area contributed by atoms with Crippen molar-refractivity contribution in [2.24, 2.45) is 5.41 Å². The maximum Gasteiger partial charge on any atom is 0.0535 e. The number of nitrogens with one attached hydrogen (secondary N) is 2. The lowest BCUT2D eigenvalue weighted by atomic mass is 10.0. The zero-order valence-electron chi connectivity index (χ0n) is 9.21. The third-order valence-electron chi connectivity index (χ3n) is 3.35. The van der Waals surface area contributed by atoms with Crippen LogP contribution < -0.4 is 5.32 Å². The lowest BCUT2D eigenvalue weighted by Gasteiger charge is -2.14. The van der Waals surface area contributed by atoms with Crippen LogP contribution in [-0.2, 0) is 6.54 Å². The Hall–Kier alpha value is -0.870. The predicted octanol–water partition coefficient (Wildman–Crippen LogP) is 0.970. The summed E-state index contributed by atoms with van der Waals surface area (Å²) in [4.78, 5) is 0. The van der Waals surface area contributed by atoms with E-state index in [1.807, 2.05) is 13.1 Å². The van der Waals surface area contributed by atoms with Crippen LogP contribution in [0.5, 0.6) is 0 Å². The number of hydrogen-bond donors (Lipinski definition) is 3. The van der Waals surface area contributed by atoms with Gasteiger partial charge in [-0.1, -0.05) is 0 Å². The summed E-state index contributed by atoms with van der Waals surface area (Å²) >= 11 is 0. The first-order chi connectivity index (χ1) is 7.26. The van der Waals surface area contributed by atoms with Crippen molar-refractivity contribution in [1.29, 1.82) is 0 Å². The maximum atomic E-state index is 8.93. The first-order valence-electron chi connectivity index (χ1n) is 5.56.